The van der Waals surface area contributed by atoms with Crippen molar-refractivity contribution in [1.82, 2.24) is 0 Å². The fourth-order valence-electron chi connectivity index (χ4n) is 3.35. The average Bonchev–Trinajstić information content (AvgIpc) is 2.84. The summed E-state index contributed by atoms with van der Waals surface area (Å²) in [6.45, 7) is 2.53. The molecule has 4 nitrogen and oxygen atoms in total. The van der Waals surface area contributed by atoms with Crippen molar-refractivity contribution in [3.63, 3.8) is 0 Å². The number of rotatable bonds is 2. The molecule has 1 aliphatic carbocycles. The maximum absolute atomic E-state index is 12.8. The molecular formula is C15H22N2O2S. The summed E-state index contributed by atoms with van der Waals surface area (Å²) in [6.07, 6.45) is 5.61. The van der Waals surface area contributed by atoms with Crippen LogP contribution in [0.25, 0.3) is 0 Å². The Hall–Kier alpha value is -1.23. The highest BCUT2D eigenvalue weighted by Gasteiger charge is 2.36. The van der Waals surface area contributed by atoms with E-state index in [0.29, 0.717) is 12.2 Å². The fraction of sp³-hybridized carbons (Fsp3) is 0.600. The average molecular weight is 294 g/mol. The number of nitrogens with zero attached hydrogens (tertiary/aromatic N) is 1. The third kappa shape index (κ3) is 2.18. The van der Waals surface area contributed by atoms with E-state index in [4.69, 9.17) is 5.73 Å². The third-order valence-electron chi connectivity index (χ3n) is 4.60. The van der Waals surface area contributed by atoms with E-state index in [-0.39, 0.29) is 5.25 Å². The van der Waals surface area contributed by atoms with Gasteiger partial charge in [0, 0.05) is 12.2 Å². The number of sulfonamides is 1. The van der Waals surface area contributed by atoms with Crippen LogP contribution in [0.5, 0.6) is 0 Å². The summed E-state index contributed by atoms with van der Waals surface area (Å²) in [4.78, 5) is 0. The number of nitrogen functional groups attached to an aromatic ring is 1. The van der Waals surface area contributed by atoms with Gasteiger partial charge in [0.1, 0.15) is 0 Å². The van der Waals surface area contributed by atoms with Crippen molar-refractivity contribution in [2.75, 3.05) is 16.6 Å². The Kier molecular flexibility index (Phi) is 3.40. The Morgan fingerprint density at radius 1 is 1.20 bits per heavy atom. The molecule has 1 saturated carbocycles. The lowest BCUT2D eigenvalue weighted by Gasteiger charge is -2.28. The minimum atomic E-state index is -3.23. The first-order valence-electron chi connectivity index (χ1n) is 7.40. The van der Waals surface area contributed by atoms with E-state index in [1.54, 1.807) is 4.31 Å². The normalized spacial score (nSPS) is 20.1. The predicted octanol–water partition coefficient (Wildman–Crippen LogP) is 2.60. The van der Waals surface area contributed by atoms with Crippen LogP contribution in [-0.4, -0.2) is 20.2 Å². The van der Waals surface area contributed by atoms with Gasteiger partial charge in [0.25, 0.3) is 0 Å². The zero-order valence-electron chi connectivity index (χ0n) is 11.9. The van der Waals surface area contributed by atoms with Gasteiger partial charge >= 0.3 is 0 Å². The smallest absolute Gasteiger partial charge is 0.238 e. The van der Waals surface area contributed by atoms with E-state index < -0.39 is 10.0 Å². The van der Waals surface area contributed by atoms with Crippen LogP contribution >= 0.6 is 0 Å². The monoisotopic (exact) mass is 294 g/mol. The van der Waals surface area contributed by atoms with Gasteiger partial charge in [-0.05, 0) is 43.4 Å². The van der Waals surface area contributed by atoms with Crippen molar-refractivity contribution >= 4 is 21.4 Å². The fourth-order valence-corrected chi connectivity index (χ4v) is 5.43. The zero-order valence-corrected chi connectivity index (χ0v) is 12.7. The van der Waals surface area contributed by atoms with Crippen LogP contribution in [0.1, 0.15) is 43.2 Å². The Balaban J connectivity index is 1.95. The first kappa shape index (κ1) is 13.7. The highest BCUT2D eigenvalue weighted by Crippen LogP contribution is 2.37. The maximum atomic E-state index is 12.8. The van der Waals surface area contributed by atoms with Crippen molar-refractivity contribution in [2.45, 2.75) is 50.7 Å². The molecule has 5 heteroatoms. The van der Waals surface area contributed by atoms with Crippen LogP contribution in [0.15, 0.2) is 12.1 Å². The summed E-state index contributed by atoms with van der Waals surface area (Å²) in [5.74, 6) is 0. The van der Waals surface area contributed by atoms with Crippen molar-refractivity contribution in [3.05, 3.63) is 23.3 Å². The van der Waals surface area contributed by atoms with Crippen molar-refractivity contribution in [3.8, 4) is 0 Å². The van der Waals surface area contributed by atoms with Crippen molar-refractivity contribution < 1.29 is 8.42 Å². The highest BCUT2D eigenvalue weighted by molar-refractivity contribution is 7.93. The molecule has 3 rings (SSSR count). The maximum Gasteiger partial charge on any atom is 0.238 e. The molecule has 1 heterocycles. The first-order chi connectivity index (χ1) is 9.50. The van der Waals surface area contributed by atoms with Gasteiger partial charge in [0.05, 0.1) is 10.9 Å². The van der Waals surface area contributed by atoms with Crippen LogP contribution in [-0.2, 0) is 16.4 Å². The van der Waals surface area contributed by atoms with Crippen molar-refractivity contribution in [2.24, 2.45) is 0 Å². The van der Waals surface area contributed by atoms with Crippen LogP contribution in [0.2, 0.25) is 0 Å². The van der Waals surface area contributed by atoms with Gasteiger partial charge in [-0.25, -0.2) is 8.42 Å². The molecule has 0 bridgehead atoms. The topological polar surface area (TPSA) is 63.4 Å². The molecule has 0 unspecified atom stereocenters. The number of benzene rings is 1. The zero-order chi connectivity index (χ0) is 14.3. The second kappa shape index (κ2) is 4.95. The Morgan fingerprint density at radius 3 is 2.60 bits per heavy atom. The lowest BCUT2D eigenvalue weighted by Crippen LogP contribution is -2.38. The second-order valence-electron chi connectivity index (χ2n) is 5.96. The highest BCUT2D eigenvalue weighted by atomic mass is 32.2. The molecule has 1 aliphatic heterocycles. The minimum absolute atomic E-state index is 0.204. The molecule has 0 aromatic heterocycles. The van der Waals surface area contributed by atoms with Gasteiger partial charge in [0.2, 0.25) is 10.0 Å². The summed E-state index contributed by atoms with van der Waals surface area (Å²) in [5, 5.41) is -0.204. The molecule has 0 spiro atoms. The number of hydrogen-bond acceptors (Lipinski definition) is 3. The van der Waals surface area contributed by atoms with Crippen LogP contribution in [0, 0.1) is 6.92 Å². The summed E-state index contributed by atoms with van der Waals surface area (Å²) in [7, 11) is -3.23. The van der Waals surface area contributed by atoms with E-state index >= 15 is 0 Å². The van der Waals surface area contributed by atoms with Gasteiger partial charge in [-0.15, -0.1) is 0 Å². The second-order valence-corrected chi connectivity index (χ2v) is 8.10. The van der Waals surface area contributed by atoms with Gasteiger partial charge in [0.15, 0.2) is 0 Å². The molecule has 1 aromatic carbocycles. The van der Waals surface area contributed by atoms with E-state index in [9.17, 15) is 8.42 Å². The van der Waals surface area contributed by atoms with E-state index in [1.807, 2.05) is 19.1 Å². The molecular weight excluding hydrogens is 272 g/mol. The van der Waals surface area contributed by atoms with E-state index in [2.05, 4.69) is 0 Å². The van der Waals surface area contributed by atoms with Crippen molar-refractivity contribution in [1.29, 1.82) is 0 Å². The SMILES string of the molecule is Cc1cc2c(cc1N)N(S(=O)(=O)C1CCCCC1)CC2. The lowest BCUT2D eigenvalue weighted by atomic mass is 10.0. The van der Waals surface area contributed by atoms with Crippen LogP contribution < -0.4 is 10.0 Å². The first-order valence-corrected chi connectivity index (χ1v) is 8.91. The van der Waals surface area contributed by atoms with Gasteiger partial charge in [-0.3, -0.25) is 4.31 Å². The summed E-state index contributed by atoms with van der Waals surface area (Å²) >= 11 is 0. The number of aryl methyl sites for hydroxylation is 1. The predicted molar refractivity (Wildman–Crippen MR) is 82.4 cm³/mol. The molecule has 1 aromatic rings. The largest absolute Gasteiger partial charge is 0.398 e. The number of hydrogen-bond donors (Lipinski definition) is 1. The molecule has 1 fully saturated rings. The molecule has 2 aliphatic rings. The van der Waals surface area contributed by atoms with Crippen LogP contribution in [0.4, 0.5) is 11.4 Å². The molecule has 0 saturated heterocycles. The quantitative estimate of drug-likeness (QED) is 0.853. The molecule has 20 heavy (non-hydrogen) atoms. The summed E-state index contributed by atoms with van der Waals surface area (Å²) in [6, 6.07) is 3.86. The standard InChI is InChI=1S/C15H22N2O2S/c1-11-9-12-7-8-17(15(12)10-14(11)16)20(18,19)13-5-3-2-4-6-13/h9-10,13H,2-8,16H2,1H3. The molecule has 0 radical (unpaired) electrons. The van der Waals surface area contributed by atoms with Gasteiger partial charge < -0.3 is 5.73 Å². The molecule has 0 atom stereocenters. The number of nitrogens with two attached hydrogens (primary N) is 1. The van der Waals surface area contributed by atoms with Gasteiger partial charge in [-0.1, -0.05) is 25.3 Å². The van der Waals surface area contributed by atoms with Crippen LogP contribution in [0.3, 0.4) is 0 Å². The summed E-state index contributed by atoms with van der Waals surface area (Å²) in [5.41, 5.74) is 9.57. The number of anilines is 2. The molecule has 2 N–H and O–H groups in total. The van der Waals surface area contributed by atoms with Gasteiger partial charge in [-0.2, -0.15) is 0 Å². The molecule has 110 valence electrons. The third-order valence-corrected chi connectivity index (χ3v) is 6.91. The molecule has 0 amide bonds. The lowest BCUT2D eigenvalue weighted by molar-refractivity contribution is 0.482. The van der Waals surface area contributed by atoms with E-state index in [1.165, 1.54) is 0 Å². The Morgan fingerprint density at radius 2 is 1.90 bits per heavy atom. The van der Waals surface area contributed by atoms with E-state index in [0.717, 1.165) is 55.3 Å². The Labute approximate surface area is 121 Å². The Bertz CT molecular complexity index is 619. The minimum Gasteiger partial charge on any atom is -0.398 e. The number of fused-ring (bicyclic) bond motifs is 1. The summed E-state index contributed by atoms with van der Waals surface area (Å²) < 4.78 is 27.3.